The Balaban J connectivity index is 1.93. The molecule has 0 saturated carbocycles. The number of hydrogen-bond acceptors (Lipinski definition) is 6. The smallest absolute Gasteiger partial charge is 0.283 e. The Morgan fingerprint density at radius 2 is 2.27 bits per heavy atom. The van der Waals surface area contributed by atoms with Gasteiger partial charge in [0.25, 0.3) is 6.02 Å². The summed E-state index contributed by atoms with van der Waals surface area (Å²) in [4.78, 5) is 4.68. The van der Waals surface area contributed by atoms with Crippen LogP contribution in [0.3, 0.4) is 0 Å². The van der Waals surface area contributed by atoms with Gasteiger partial charge < -0.3 is 24.7 Å². The van der Waals surface area contributed by atoms with Gasteiger partial charge in [0.15, 0.2) is 0 Å². The molecule has 1 spiro atoms. The van der Waals surface area contributed by atoms with Crippen LogP contribution in [0.25, 0.3) is 0 Å². The van der Waals surface area contributed by atoms with Crippen molar-refractivity contribution >= 4 is 6.02 Å². The van der Waals surface area contributed by atoms with E-state index < -0.39 is 5.54 Å². The van der Waals surface area contributed by atoms with Crippen molar-refractivity contribution in [1.29, 1.82) is 0 Å². The first kappa shape index (κ1) is 13.7. The number of methoxy groups -OCH3 is 1. The maximum Gasteiger partial charge on any atom is 0.283 e. The third-order valence-corrected chi connectivity index (χ3v) is 5.09. The van der Waals surface area contributed by atoms with E-state index in [9.17, 15) is 0 Å². The Labute approximate surface area is 129 Å². The molecule has 2 N–H and O–H groups in total. The highest BCUT2D eigenvalue weighted by molar-refractivity contribution is 5.75. The highest BCUT2D eigenvalue weighted by Gasteiger charge is 2.59. The van der Waals surface area contributed by atoms with Gasteiger partial charge in [-0.2, -0.15) is 0 Å². The van der Waals surface area contributed by atoms with E-state index in [4.69, 9.17) is 24.7 Å². The summed E-state index contributed by atoms with van der Waals surface area (Å²) >= 11 is 0. The van der Waals surface area contributed by atoms with Gasteiger partial charge in [0, 0.05) is 12.0 Å². The van der Waals surface area contributed by atoms with Crippen molar-refractivity contribution in [3.05, 3.63) is 23.8 Å². The van der Waals surface area contributed by atoms with E-state index in [1.807, 2.05) is 18.2 Å². The number of fused-ring (bicyclic) bond motifs is 4. The molecule has 22 heavy (non-hydrogen) atoms. The van der Waals surface area contributed by atoms with Crippen LogP contribution in [0, 0.1) is 5.92 Å². The fourth-order valence-corrected chi connectivity index (χ4v) is 3.86. The number of nitrogens with two attached hydrogens (primary N) is 1. The van der Waals surface area contributed by atoms with Crippen LogP contribution in [0.15, 0.2) is 23.2 Å². The van der Waals surface area contributed by atoms with E-state index in [-0.39, 0.29) is 17.5 Å². The minimum Gasteiger partial charge on any atom is -0.497 e. The van der Waals surface area contributed by atoms with E-state index in [1.165, 1.54) is 0 Å². The summed E-state index contributed by atoms with van der Waals surface area (Å²) in [6, 6.07) is 6.04. The molecule has 118 valence electrons. The molecule has 3 aliphatic rings. The number of aliphatic imine (C=N–C) groups is 1. The lowest BCUT2D eigenvalue weighted by atomic mass is 9.67. The molecule has 3 atom stereocenters. The number of nitrogens with zero attached hydrogens (tertiary/aromatic N) is 1. The summed E-state index contributed by atoms with van der Waals surface area (Å²) in [6.45, 7) is 3.80. The number of hydrogen-bond donors (Lipinski definition) is 1. The third kappa shape index (κ3) is 1.73. The largest absolute Gasteiger partial charge is 0.497 e. The molecule has 2 unspecified atom stereocenters. The Kier molecular flexibility index (Phi) is 2.81. The minimum atomic E-state index is -0.568. The first-order chi connectivity index (χ1) is 10.6. The van der Waals surface area contributed by atoms with E-state index in [0.29, 0.717) is 19.8 Å². The van der Waals surface area contributed by atoms with Crippen LogP contribution in [0.5, 0.6) is 11.5 Å². The highest BCUT2D eigenvalue weighted by Crippen LogP contribution is 2.54. The second kappa shape index (κ2) is 4.52. The summed E-state index contributed by atoms with van der Waals surface area (Å²) in [6.07, 6.45) is 0.820. The summed E-state index contributed by atoms with van der Waals surface area (Å²) in [5.41, 5.74) is 5.90. The highest BCUT2D eigenvalue weighted by atomic mass is 16.5. The van der Waals surface area contributed by atoms with Crippen LogP contribution < -0.4 is 15.2 Å². The van der Waals surface area contributed by atoms with Crippen molar-refractivity contribution in [1.82, 2.24) is 0 Å². The van der Waals surface area contributed by atoms with E-state index in [2.05, 4.69) is 11.9 Å². The van der Waals surface area contributed by atoms with Crippen molar-refractivity contribution in [2.75, 3.05) is 26.9 Å². The molecular weight excluding hydrogens is 284 g/mol. The number of ether oxygens (including phenoxy) is 4. The average Bonchev–Trinajstić information content (AvgIpc) is 2.89. The van der Waals surface area contributed by atoms with Crippen molar-refractivity contribution < 1.29 is 18.9 Å². The summed E-state index contributed by atoms with van der Waals surface area (Å²) < 4.78 is 23.0. The van der Waals surface area contributed by atoms with Gasteiger partial charge in [-0.25, -0.2) is 4.99 Å². The molecule has 3 aliphatic heterocycles. The standard InChI is InChI=1S/C16H20N2O4/c1-15-5-6-20-8-13(15)16(9-21-14(17)18-16)11-7-10(19-2)3-4-12(11)22-15/h3-4,7,13H,5-6,8-9H2,1-2H3,(H2,17,18)/t13-,15?,16?/m1/s1. The summed E-state index contributed by atoms with van der Waals surface area (Å²) in [7, 11) is 1.65. The molecule has 1 fully saturated rings. The molecule has 0 bridgehead atoms. The third-order valence-electron chi connectivity index (χ3n) is 5.09. The number of amidine groups is 1. The number of benzene rings is 1. The molecular formula is C16H20N2O4. The van der Waals surface area contributed by atoms with Gasteiger partial charge >= 0.3 is 0 Å². The average molecular weight is 304 g/mol. The number of rotatable bonds is 1. The Hall–Kier alpha value is -1.95. The lowest BCUT2D eigenvalue weighted by Gasteiger charge is -2.51. The van der Waals surface area contributed by atoms with E-state index in [0.717, 1.165) is 23.5 Å². The summed E-state index contributed by atoms with van der Waals surface area (Å²) in [5, 5.41) is 0. The molecule has 4 rings (SSSR count). The van der Waals surface area contributed by atoms with Crippen molar-refractivity contribution in [2.24, 2.45) is 16.6 Å². The maximum absolute atomic E-state index is 6.34. The van der Waals surface area contributed by atoms with Crippen LogP contribution in [0.1, 0.15) is 18.9 Å². The quantitative estimate of drug-likeness (QED) is 0.849. The van der Waals surface area contributed by atoms with Crippen molar-refractivity contribution in [2.45, 2.75) is 24.5 Å². The van der Waals surface area contributed by atoms with Crippen LogP contribution in [0.4, 0.5) is 0 Å². The van der Waals surface area contributed by atoms with Gasteiger partial charge in [-0.3, -0.25) is 0 Å². The van der Waals surface area contributed by atoms with Gasteiger partial charge in [0.2, 0.25) is 0 Å². The lowest BCUT2D eigenvalue weighted by Crippen LogP contribution is -2.59. The molecule has 1 aromatic carbocycles. The van der Waals surface area contributed by atoms with Gasteiger partial charge in [0.1, 0.15) is 29.2 Å². The van der Waals surface area contributed by atoms with Crippen molar-refractivity contribution in [3.8, 4) is 11.5 Å². The lowest BCUT2D eigenvalue weighted by molar-refractivity contribution is -0.129. The zero-order valence-corrected chi connectivity index (χ0v) is 12.8. The molecule has 6 heteroatoms. The van der Waals surface area contributed by atoms with Crippen LogP contribution in [0.2, 0.25) is 0 Å². The van der Waals surface area contributed by atoms with Gasteiger partial charge in [-0.15, -0.1) is 0 Å². The van der Waals surface area contributed by atoms with Gasteiger partial charge in [-0.1, -0.05) is 0 Å². The normalized spacial score (nSPS) is 35.9. The van der Waals surface area contributed by atoms with Gasteiger partial charge in [0.05, 0.1) is 26.2 Å². The fourth-order valence-electron chi connectivity index (χ4n) is 3.86. The van der Waals surface area contributed by atoms with E-state index in [1.54, 1.807) is 7.11 Å². The predicted octanol–water partition coefficient (Wildman–Crippen LogP) is 1.42. The maximum atomic E-state index is 6.34. The Bertz CT molecular complexity index is 647. The van der Waals surface area contributed by atoms with Crippen LogP contribution in [-0.4, -0.2) is 38.6 Å². The molecule has 0 amide bonds. The monoisotopic (exact) mass is 304 g/mol. The first-order valence-corrected chi connectivity index (χ1v) is 7.51. The molecule has 0 aromatic heterocycles. The molecule has 1 aromatic rings. The molecule has 6 nitrogen and oxygen atoms in total. The van der Waals surface area contributed by atoms with Crippen LogP contribution in [-0.2, 0) is 15.0 Å². The first-order valence-electron chi connectivity index (χ1n) is 7.51. The fraction of sp³-hybridized carbons (Fsp3) is 0.562. The molecule has 0 radical (unpaired) electrons. The molecule has 1 saturated heterocycles. The predicted molar refractivity (Wildman–Crippen MR) is 80.2 cm³/mol. The van der Waals surface area contributed by atoms with Crippen LogP contribution >= 0.6 is 0 Å². The Morgan fingerprint density at radius 3 is 3.00 bits per heavy atom. The Morgan fingerprint density at radius 1 is 1.41 bits per heavy atom. The van der Waals surface area contributed by atoms with E-state index >= 15 is 0 Å². The van der Waals surface area contributed by atoms with Gasteiger partial charge in [-0.05, 0) is 25.1 Å². The minimum absolute atomic E-state index is 0.0504. The SMILES string of the molecule is COc1ccc2c(c1)C1(COC(N)=N1)[C@@H]1COCCC1(C)O2. The zero-order chi connectivity index (χ0) is 15.4. The second-order valence-electron chi connectivity index (χ2n) is 6.32. The topological polar surface area (TPSA) is 75.3 Å². The zero-order valence-electron chi connectivity index (χ0n) is 12.8. The van der Waals surface area contributed by atoms with Crippen molar-refractivity contribution in [3.63, 3.8) is 0 Å². The molecule has 3 heterocycles. The summed E-state index contributed by atoms with van der Waals surface area (Å²) in [5.74, 6) is 1.64. The second-order valence-corrected chi connectivity index (χ2v) is 6.32. The molecule has 0 aliphatic carbocycles.